The first kappa shape index (κ1) is 24.3. The molecular weight excluding hydrogens is 484 g/mol. The number of ether oxygens (including phenoxy) is 1. The van der Waals surface area contributed by atoms with Crippen LogP contribution in [-0.4, -0.2) is 21.4 Å². The van der Waals surface area contributed by atoms with Gasteiger partial charge in [-0.25, -0.2) is 8.42 Å². The molecule has 4 aromatic carbocycles. The minimum Gasteiger partial charge on any atom is -0.495 e. The van der Waals surface area contributed by atoms with E-state index in [-0.39, 0.29) is 22.7 Å². The predicted octanol–water partition coefficient (Wildman–Crippen LogP) is 6.00. The number of methoxy groups -OCH3 is 1. The van der Waals surface area contributed by atoms with Gasteiger partial charge >= 0.3 is 0 Å². The molecule has 35 heavy (non-hydrogen) atoms. The normalized spacial score (nSPS) is 11.0. The summed E-state index contributed by atoms with van der Waals surface area (Å²) in [5.41, 5.74) is 1.70. The van der Waals surface area contributed by atoms with E-state index in [1.807, 2.05) is 30.3 Å². The summed E-state index contributed by atoms with van der Waals surface area (Å²) < 4.78 is 33.9. The number of halogens is 1. The average molecular weight is 507 g/mol. The van der Waals surface area contributed by atoms with Gasteiger partial charge < -0.3 is 10.1 Å². The van der Waals surface area contributed by atoms with Crippen LogP contribution in [0.3, 0.4) is 0 Å². The number of sulfonamides is 1. The van der Waals surface area contributed by atoms with Crippen LogP contribution in [0.4, 0.5) is 11.4 Å². The number of carbonyl (C=O) groups excluding carboxylic acids is 1. The highest BCUT2D eigenvalue weighted by Crippen LogP contribution is 2.31. The number of amides is 1. The van der Waals surface area contributed by atoms with Crippen molar-refractivity contribution in [1.82, 2.24) is 0 Å². The topological polar surface area (TPSA) is 75.7 Å². The van der Waals surface area contributed by atoms with Gasteiger partial charge in [-0.2, -0.15) is 0 Å². The maximum atomic E-state index is 13.7. The predicted molar refractivity (Wildman–Crippen MR) is 139 cm³/mol. The second-order valence-electron chi connectivity index (χ2n) is 7.63. The molecule has 4 rings (SSSR count). The van der Waals surface area contributed by atoms with Gasteiger partial charge in [-0.15, -0.1) is 0 Å². The van der Waals surface area contributed by atoms with Crippen molar-refractivity contribution in [1.29, 1.82) is 0 Å². The molecule has 0 aromatic heterocycles. The van der Waals surface area contributed by atoms with Gasteiger partial charge in [0.1, 0.15) is 5.75 Å². The van der Waals surface area contributed by atoms with E-state index >= 15 is 0 Å². The molecule has 0 bridgehead atoms. The van der Waals surface area contributed by atoms with Gasteiger partial charge in [-0.3, -0.25) is 9.10 Å². The SMILES string of the molecule is COc1ccc(NC(=O)c2ccccc2N(Cc2ccccc2)S(=O)(=O)c2ccccc2)cc1Cl. The van der Waals surface area contributed by atoms with Crippen LogP contribution in [0.25, 0.3) is 0 Å². The lowest BCUT2D eigenvalue weighted by Gasteiger charge is -2.26. The van der Waals surface area contributed by atoms with Crippen molar-refractivity contribution >= 4 is 38.9 Å². The fourth-order valence-electron chi connectivity index (χ4n) is 3.59. The largest absolute Gasteiger partial charge is 0.495 e. The van der Waals surface area contributed by atoms with E-state index in [4.69, 9.17) is 16.3 Å². The average Bonchev–Trinajstić information content (AvgIpc) is 2.88. The molecule has 1 N–H and O–H groups in total. The monoisotopic (exact) mass is 506 g/mol. The van der Waals surface area contributed by atoms with E-state index < -0.39 is 15.9 Å². The number of nitrogens with zero attached hydrogens (tertiary/aromatic N) is 1. The van der Waals surface area contributed by atoms with Crippen molar-refractivity contribution in [3.8, 4) is 5.75 Å². The lowest BCUT2D eigenvalue weighted by molar-refractivity contribution is 0.102. The highest BCUT2D eigenvalue weighted by molar-refractivity contribution is 7.92. The minimum absolute atomic E-state index is 0.0523. The number of para-hydroxylation sites is 1. The van der Waals surface area contributed by atoms with Gasteiger partial charge in [0.2, 0.25) is 0 Å². The first-order valence-corrected chi connectivity index (χ1v) is 12.6. The van der Waals surface area contributed by atoms with Crippen LogP contribution >= 0.6 is 11.6 Å². The summed E-state index contributed by atoms with van der Waals surface area (Å²) in [6, 6.07) is 28.9. The number of hydrogen-bond donors (Lipinski definition) is 1. The van der Waals surface area contributed by atoms with E-state index in [2.05, 4.69) is 5.32 Å². The quantitative estimate of drug-likeness (QED) is 0.318. The third kappa shape index (κ3) is 5.48. The molecule has 0 aliphatic heterocycles. The number of benzene rings is 4. The molecule has 0 fully saturated rings. The highest BCUT2D eigenvalue weighted by Gasteiger charge is 2.28. The number of rotatable bonds is 8. The fourth-order valence-corrected chi connectivity index (χ4v) is 5.34. The van der Waals surface area contributed by atoms with Crippen molar-refractivity contribution in [2.75, 3.05) is 16.7 Å². The van der Waals surface area contributed by atoms with Crippen LogP contribution < -0.4 is 14.4 Å². The second kappa shape index (κ2) is 10.6. The molecule has 0 saturated heterocycles. The summed E-state index contributed by atoms with van der Waals surface area (Å²) >= 11 is 6.19. The Bertz CT molecular complexity index is 1430. The first-order chi connectivity index (χ1) is 16.9. The lowest BCUT2D eigenvalue weighted by atomic mass is 10.1. The van der Waals surface area contributed by atoms with Gasteiger partial charge in [0.15, 0.2) is 0 Å². The number of anilines is 2. The third-order valence-electron chi connectivity index (χ3n) is 5.33. The van der Waals surface area contributed by atoms with Gasteiger partial charge in [0.25, 0.3) is 15.9 Å². The molecule has 0 radical (unpaired) electrons. The van der Waals surface area contributed by atoms with Crippen LogP contribution in [0.2, 0.25) is 5.02 Å². The van der Waals surface area contributed by atoms with Crippen molar-refractivity contribution in [2.24, 2.45) is 0 Å². The van der Waals surface area contributed by atoms with Crippen LogP contribution in [-0.2, 0) is 16.6 Å². The molecule has 0 saturated carbocycles. The van der Waals surface area contributed by atoms with Crippen LogP contribution in [0.15, 0.2) is 108 Å². The Labute approximate surface area is 209 Å². The minimum atomic E-state index is -3.98. The molecule has 4 aromatic rings. The molecule has 0 aliphatic rings. The second-order valence-corrected chi connectivity index (χ2v) is 9.90. The van der Waals surface area contributed by atoms with Crippen LogP contribution in [0.1, 0.15) is 15.9 Å². The van der Waals surface area contributed by atoms with E-state index in [1.54, 1.807) is 60.7 Å². The van der Waals surface area contributed by atoms with Crippen molar-refractivity contribution in [3.05, 3.63) is 119 Å². The Morgan fingerprint density at radius 1 is 0.886 bits per heavy atom. The Hall–Kier alpha value is -3.81. The summed E-state index contributed by atoms with van der Waals surface area (Å²) in [5.74, 6) is 0.0104. The number of hydrogen-bond acceptors (Lipinski definition) is 4. The van der Waals surface area contributed by atoms with E-state index in [9.17, 15) is 13.2 Å². The summed E-state index contributed by atoms with van der Waals surface area (Å²) in [5, 5.41) is 3.14. The molecule has 0 heterocycles. The van der Waals surface area contributed by atoms with Gasteiger partial charge in [0, 0.05) is 5.69 Å². The standard InChI is InChI=1S/C27H23ClN2O4S/c1-34-26-17-16-21(18-24(26)28)29-27(31)23-14-8-9-15-25(23)30(19-20-10-4-2-5-11-20)35(32,33)22-12-6-3-7-13-22/h2-18H,19H2,1H3,(H,29,31). The molecule has 0 unspecified atom stereocenters. The summed E-state index contributed by atoms with van der Waals surface area (Å²) in [4.78, 5) is 13.4. The molecule has 0 atom stereocenters. The molecule has 6 nitrogen and oxygen atoms in total. The van der Waals surface area contributed by atoms with Crippen molar-refractivity contribution in [2.45, 2.75) is 11.4 Å². The number of carbonyl (C=O) groups is 1. The van der Waals surface area contributed by atoms with Crippen LogP contribution in [0, 0.1) is 0 Å². The Morgan fingerprint density at radius 2 is 1.51 bits per heavy atom. The molecule has 8 heteroatoms. The molecular formula is C27H23ClN2O4S. The van der Waals surface area contributed by atoms with Crippen molar-refractivity contribution < 1.29 is 17.9 Å². The Morgan fingerprint density at radius 3 is 2.17 bits per heavy atom. The van der Waals surface area contributed by atoms with E-state index in [1.165, 1.54) is 23.5 Å². The van der Waals surface area contributed by atoms with Crippen molar-refractivity contribution in [3.63, 3.8) is 0 Å². The zero-order chi connectivity index (χ0) is 24.8. The molecule has 0 aliphatic carbocycles. The maximum absolute atomic E-state index is 13.7. The third-order valence-corrected chi connectivity index (χ3v) is 7.40. The van der Waals surface area contributed by atoms with Gasteiger partial charge in [0.05, 0.1) is 34.8 Å². The smallest absolute Gasteiger partial charge is 0.264 e. The lowest BCUT2D eigenvalue weighted by Crippen LogP contribution is -2.32. The number of nitrogens with one attached hydrogen (secondary N) is 1. The summed E-state index contributed by atoms with van der Waals surface area (Å²) in [7, 11) is -2.48. The Kier molecular flexibility index (Phi) is 7.39. The van der Waals surface area contributed by atoms with Gasteiger partial charge in [-0.05, 0) is 48.0 Å². The zero-order valence-corrected chi connectivity index (χ0v) is 20.5. The Balaban J connectivity index is 1.76. The van der Waals surface area contributed by atoms with E-state index in [0.29, 0.717) is 16.5 Å². The molecule has 178 valence electrons. The van der Waals surface area contributed by atoms with E-state index in [0.717, 1.165) is 5.56 Å². The summed E-state index contributed by atoms with van der Waals surface area (Å²) in [6.07, 6.45) is 0. The highest BCUT2D eigenvalue weighted by atomic mass is 35.5. The first-order valence-electron chi connectivity index (χ1n) is 10.8. The molecule has 0 spiro atoms. The summed E-state index contributed by atoms with van der Waals surface area (Å²) in [6.45, 7) is 0.0523. The maximum Gasteiger partial charge on any atom is 0.264 e. The molecule has 1 amide bonds. The zero-order valence-electron chi connectivity index (χ0n) is 18.9. The van der Waals surface area contributed by atoms with Gasteiger partial charge in [-0.1, -0.05) is 72.3 Å². The van der Waals surface area contributed by atoms with Crippen LogP contribution in [0.5, 0.6) is 5.75 Å². The fraction of sp³-hybridized carbons (Fsp3) is 0.0741.